The van der Waals surface area contributed by atoms with Crippen LogP contribution in [0.4, 0.5) is 10.1 Å². The number of hydrogen-bond donors (Lipinski definition) is 1. The van der Waals surface area contributed by atoms with Crippen LogP contribution in [0.15, 0.2) is 71.6 Å². The molecule has 3 aromatic rings. The van der Waals surface area contributed by atoms with Crippen molar-refractivity contribution in [2.24, 2.45) is 0 Å². The lowest BCUT2D eigenvalue weighted by Crippen LogP contribution is -2.14. The number of hydrogen-bond acceptors (Lipinski definition) is 5. The molecule has 0 unspecified atom stereocenters. The zero-order valence-electron chi connectivity index (χ0n) is 16.5. The Labute approximate surface area is 184 Å². The maximum absolute atomic E-state index is 13.1. The number of rotatable bonds is 8. The molecular weight excluding hydrogens is 445 g/mol. The molecule has 162 valence electrons. The molecule has 9 heteroatoms. The fraction of sp³-hybridized carbons (Fsp3) is 0.136. The lowest BCUT2D eigenvalue weighted by atomic mass is 10.1. The van der Waals surface area contributed by atoms with Gasteiger partial charge in [0.25, 0.3) is 10.0 Å². The van der Waals surface area contributed by atoms with Crippen molar-refractivity contribution in [3.8, 4) is 5.75 Å². The van der Waals surface area contributed by atoms with E-state index in [0.29, 0.717) is 10.6 Å². The van der Waals surface area contributed by atoms with Crippen LogP contribution in [0.25, 0.3) is 0 Å². The van der Waals surface area contributed by atoms with E-state index in [1.807, 2.05) is 0 Å². The first kappa shape index (κ1) is 22.6. The third-order valence-electron chi connectivity index (χ3n) is 4.17. The first-order valence-electron chi connectivity index (χ1n) is 9.25. The lowest BCUT2D eigenvalue weighted by Gasteiger charge is -2.14. The van der Waals surface area contributed by atoms with Gasteiger partial charge in [-0.2, -0.15) is 0 Å². The minimum Gasteiger partial charge on any atom is -0.487 e. The highest BCUT2D eigenvalue weighted by atomic mass is 35.5. The van der Waals surface area contributed by atoms with Crippen molar-refractivity contribution in [1.82, 2.24) is 0 Å². The summed E-state index contributed by atoms with van der Waals surface area (Å²) in [6.45, 7) is 2.14. The second-order valence-corrected chi connectivity index (χ2v) is 8.52. The van der Waals surface area contributed by atoms with Crippen molar-refractivity contribution in [2.45, 2.75) is 18.4 Å². The Kier molecular flexibility index (Phi) is 7.14. The fourth-order valence-corrected chi connectivity index (χ4v) is 3.87. The molecule has 0 fully saturated rings. The summed E-state index contributed by atoms with van der Waals surface area (Å²) in [5.74, 6) is -0.700. The summed E-state index contributed by atoms with van der Waals surface area (Å²) in [5.41, 5.74) is 1.32. The van der Waals surface area contributed by atoms with Gasteiger partial charge in [0, 0.05) is 5.02 Å². The monoisotopic (exact) mass is 463 g/mol. The Morgan fingerprint density at radius 1 is 1.03 bits per heavy atom. The first-order chi connectivity index (χ1) is 14.8. The molecule has 3 rings (SSSR count). The quantitative estimate of drug-likeness (QED) is 0.473. The summed E-state index contributed by atoms with van der Waals surface area (Å²) in [7, 11) is -3.98. The summed E-state index contributed by atoms with van der Waals surface area (Å²) in [6, 6.07) is 15.6. The SMILES string of the molecule is CCOC(=O)c1ccc(COc2ccc(Cl)cc2NS(=O)(=O)c2ccc(F)cc2)cc1. The standard InChI is InChI=1S/C22H19ClFNO5S/c1-2-29-22(26)16-5-3-15(4-6-16)14-30-21-12-7-17(23)13-20(21)25-31(27,28)19-10-8-18(24)9-11-19/h3-13,25H,2,14H2,1H3. The third kappa shape index (κ3) is 5.96. The maximum atomic E-state index is 13.1. The molecule has 0 heterocycles. The van der Waals surface area contributed by atoms with Crippen LogP contribution in [-0.2, 0) is 21.4 Å². The van der Waals surface area contributed by atoms with E-state index in [1.165, 1.54) is 12.1 Å². The minimum absolute atomic E-state index is 0.102. The van der Waals surface area contributed by atoms with Gasteiger partial charge in [0.1, 0.15) is 18.2 Å². The Hall–Kier alpha value is -3.10. The average Bonchev–Trinajstić information content (AvgIpc) is 2.74. The van der Waals surface area contributed by atoms with Gasteiger partial charge < -0.3 is 9.47 Å². The van der Waals surface area contributed by atoms with E-state index in [9.17, 15) is 17.6 Å². The van der Waals surface area contributed by atoms with Crippen LogP contribution in [0.3, 0.4) is 0 Å². The second-order valence-electron chi connectivity index (χ2n) is 6.41. The molecule has 0 saturated carbocycles. The van der Waals surface area contributed by atoms with Gasteiger partial charge >= 0.3 is 5.97 Å². The summed E-state index contributed by atoms with van der Waals surface area (Å²) in [6.07, 6.45) is 0. The molecule has 0 aliphatic rings. The van der Waals surface area contributed by atoms with Crippen LogP contribution in [0.5, 0.6) is 5.75 Å². The highest BCUT2D eigenvalue weighted by Crippen LogP contribution is 2.31. The normalized spacial score (nSPS) is 11.1. The smallest absolute Gasteiger partial charge is 0.338 e. The Morgan fingerprint density at radius 3 is 2.35 bits per heavy atom. The van der Waals surface area contributed by atoms with Crippen LogP contribution in [0.2, 0.25) is 5.02 Å². The van der Waals surface area contributed by atoms with E-state index in [-0.39, 0.29) is 29.5 Å². The Morgan fingerprint density at radius 2 is 1.71 bits per heavy atom. The second kappa shape index (κ2) is 9.80. The van der Waals surface area contributed by atoms with Crippen molar-refractivity contribution < 1.29 is 27.1 Å². The summed E-state index contributed by atoms with van der Waals surface area (Å²) < 4.78 is 51.5. The molecular formula is C22H19ClFNO5S. The third-order valence-corrected chi connectivity index (χ3v) is 5.79. The van der Waals surface area contributed by atoms with Crippen molar-refractivity contribution in [3.63, 3.8) is 0 Å². The number of anilines is 1. The van der Waals surface area contributed by atoms with Gasteiger partial charge in [0.15, 0.2) is 0 Å². The molecule has 1 N–H and O–H groups in total. The van der Waals surface area contributed by atoms with Gasteiger partial charge in [-0.1, -0.05) is 23.7 Å². The van der Waals surface area contributed by atoms with Crippen LogP contribution in [0, 0.1) is 5.82 Å². The van der Waals surface area contributed by atoms with Crippen LogP contribution in [0.1, 0.15) is 22.8 Å². The van der Waals surface area contributed by atoms with E-state index < -0.39 is 21.8 Å². The Bertz CT molecular complexity index is 1170. The highest BCUT2D eigenvalue weighted by Gasteiger charge is 2.17. The molecule has 6 nitrogen and oxygen atoms in total. The first-order valence-corrected chi connectivity index (χ1v) is 11.1. The molecule has 0 aromatic heterocycles. The largest absolute Gasteiger partial charge is 0.487 e. The zero-order chi connectivity index (χ0) is 22.4. The molecule has 0 spiro atoms. The van der Waals surface area contributed by atoms with Gasteiger partial charge in [-0.15, -0.1) is 0 Å². The fourth-order valence-electron chi connectivity index (χ4n) is 2.64. The topological polar surface area (TPSA) is 81.7 Å². The van der Waals surface area contributed by atoms with E-state index in [1.54, 1.807) is 37.3 Å². The summed E-state index contributed by atoms with van der Waals surface area (Å²) >= 11 is 6.02. The molecule has 0 amide bonds. The number of ether oxygens (including phenoxy) is 2. The van der Waals surface area contributed by atoms with Gasteiger partial charge in [-0.25, -0.2) is 17.6 Å². The molecule has 0 atom stereocenters. The van der Waals surface area contributed by atoms with E-state index in [4.69, 9.17) is 21.1 Å². The number of halogens is 2. The number of benzene rings is 3. The van der Waals surface area contributed by atoms with Gasteiger partial charge in [0.05, 0.1) is 22.8 Å². The highest BCUT2D eigenvalue weighted by molar-refractivity contribution is 7.92. The van der Waals surface area contributed by atoms with Gasteiger partial charge in [-0.3, -0.25) is 4.72 Å². The maximum Gasteiger partial charge on any atom is 0.338 e. The molecule has 0 saturated heterocycles. The van der Waals surface area contributed by atoms with Crippen molar-refractivity contribution in [2.75, 3.05) is 11.3 Å². The minimum atomic E-state index is -3.98. The van der Waals surface area contributed by atoms with Gasteiger partial charge in [-0.05, 0) is 67.1 Å². The molecule has 3 aromatic carbocycles. The molecule has 0 aliphatic carbocycles. The van der Waals surface area contributed by atoms with Crippen molar-refractivity contribution in [1.29, 1.82) is 0 Å². The van der Waals surface area contributed by atoms with Gasteiger partial charge in [0.2, 0.25) is 0 Å². The van der Waals surface area contributed by atoms with Crippen LogP contribution >= 0.6 is 11.6 Å². The number of esters is 1. The molecule has 0 bridgehead atoms. The summed E-state index contributed by atoms with van der Waals surface area (Å²) in [5, 5.41) is 0.308. The Balaban J connectivity index is 1.76. The van der Waals surface area contributed by atoms with Crippen LogP contribution < -0.4 is 9.46 Å². The predicted octanol–water partition coefficient (Wildman–Crippen LogP) is 5.04. The number of carbonyl (C=O) groups excluding carboxylic acids is 1. The average molecular weight is 464 g/mol. The number of carbonyl (C=O) groups is 1. The zero-order valence-corrected chi connectivity index (χ0v) is 18.0. The molecule has 0 radical (unpaired) electrons. The number of nitrogens with one attached hydrogen (secondary N) is 1. The number of sulfonamides is 1. The molecule has 0 aliphatic heterocycles. The van der Waals surface area contributed by atoms with E-state index >= 15 is 0 Å². The predicted molar refractivity (Wildman–Crippen MR) is 115 cm³/mol. The summed E-state index contributed by atoms with van der Waals surface area (Å²) in [4.78, 5) is 11.6. The van der Waals surface area contributed by atoms with E-state index in [0.717, 1.165) is 29.8 Å². The van der Waals surface area contributed by atoms with E-state index in [2.05, 4.69) is 4.72 Å². The lowest BCUT2D eigenvalue weighted by molar-refractivity contribution is 0.0526. The van der Waals surface area contributed by atoms with Crippen molar-refractivity contribution in [3.05, 3.63) is 88.7 Å². The van der Waals surface area contributed by atoms with Crippen molar-refractivity contribution >= 4 is 33.3 Å². The molecule has 31 heavy (non-hydrogen) atoms. The van der Waals surface area contributed by atoms with Crippen LogP contribution in [-0.4, -0.2) is 21.0 Å².